The van der Waals surface area contributed by atoms with E-state index in [4.69, 9.17) is 0 Å². The zero-order chi connectivity index (χ0) is 13.9. The molecule has 4 nitrogen and oxygen atoms in total. The van der Waals surface area contributed by atoms with Crippen LogP contribution < -0.4 is 5.48 Å². The van der Waals surface area contributed by atoms with Gasteiger partial charge >= 0.3 is 6.18 Å². The third kappa shape index (κ3) is 4.01. The molecule has 0 saturated heterocycles. The lowest BCUT2D eigenvalue weighted by Crippen LogP contribution is -2.29. The number of rotatable bonds is 4. The van der Waals surface area contributed by atoms with Crippen LogP contribution in [0.2, 0.25) is 0 Å². The summed E-state index contributed by atoms with van der Waals surface area (Å²) in [5.41, 5.74) is 1.73. The van der Waals surface area contributed by atoms with E-state index in [0.717, 1.165) is 4.88 Å². The molecule has 0 aliphatic rings. The second kappa shape index (κ2) is 5.68. The Balaban J connectivity index is 1.93. The van der Waals surface area contributed by atoms with Crippen molar-refractivity contribution in [3.63, 3.8) is 0 Å². The Labute approximate surface area is 113 Å². The summed E-state index contributed by atoms with van der Waals surface area (Å²) < 4.78 is 35.4. The molecule has 0 aliphatic heterocycles. The first-order chi connectivity index (χ1) is 8.96. The maximum Gasteiger partial charge on any atom is 0.414 e. The molecule has 19 heavy (non-hydrogen) atoms. The largest absolute Gasteiger partial charge is 0.414 e. The van der Waals surface area contributed by atoms with E-state index in [-0.39, 0.29) is 5.69 Å². The van der Waals surface area contributed by atoms with Gasteiger partial charge in [0.15, 0.2) is 6.61 Å². The second-order valence-corrected chi connectivity index (χ2v) is 5.16. The minimum atomic E-state index is -4.49. The van der Waals surface area contributed by atoms with Crippen molar-refractivity contribution in [3.8, 4) is 9.88 Å². The molecule has 0 aromatic carbocycles. The smallest absolute Gasteiger partial charge is 0.265 e. The Hall–Kier alpha value is -1.45. The first kappa shape index (κ1) is 14.0. The van der Waals surface area contributed by atoms with Crippen LogP contribution in [0.15, 0.2) is 22.9 Å². The van der Waals surface area contributed by atoms with Gasteiger partial charge in [-0.05, 0) is 11.4 Å². The molecule has 2 heterocycles. The summed E-state index contributed by atoms with van der Waals surface area (Å²) >= 11 is 2.69. The van der Waals surface area contributed by atoms with Crippen LogP contribution in [0, 0.1) is 0 Å². The highest BCUT2D eigenvalue weighted by Crippen LogP contribution is 2.27. The van der Waals surface area contributed by atoms with Gasteiger partial charge in [-0.1, -0.05) is 6.07 Å². The summed E-state index contributed by atoms with van der Waals surface area (Å²) in [6.45, 7) is -1.54. The molecule has 0 bridgehead atoms. The molecular weight excluding hydrogens is 301 g/mol. The number of hydrogen-bond acceptors (Lipinski definition) is 5. The second-order valence-electron chi connectivity index (χ2n) is 3.35. The van der Waals surface area contributed by atoms with Gasteiger partial charge in [-0.3, -0.25) is 9.63 Å². The van der Waals surface area contributed by atoms with Gasteiger partial charge in [-0.15, -0.1) is 22.7 Å². The molecule has 0 atom stereocenters. The minimum absolute atomic E-state index is 0.0237. The van der Waals surface area contributed by atoms with E-state index in [1.807, 2.05) is 17.5 Å². The van der Waals surface area contributed by atoms with Crippen molar-refractivity contribution in [2.24, 2.45) is 0 Å². The van der Waals surface area contributed by atoms with Crippen LogP contribution in [-0.4, -0.2) is 23.7 Å². The summed E-state index contributed by atoms with van der Waals surface area (Å²) in [6.07, 6.45) is -4.49. The third-order valence-electron chi connectivity index (χ3n) is 1.87. The third-order valence-corrected chi connectivity index (χ3v) is 3.75. The van der Waals surface area contributed by atoms with E-state index >= 15 is 0 Å². The molecule has 2 aromatic rings. The maximum absolute atomic E-state index is 11.8. The number of nitrogens with one attached hydrogen (secondary N) is 1. The molecule has 0 aliphatic carbocycles. The van der Waals surface area contributed by atoms with E-state index in [0.29, 0.717) is 5.01 Å². The predicted molar refractivity (Wildman–Crippen MR) is 64.9 cm³/mol. The Morgan fingerprint density at radius 3 is 2.84 bits per heavy atom. The summed E-state index contributed by atoms with van der Waals surface area (Å²) in [6, 6.07) is 3.68. The van der Waals surface area contributed by atoms with Crippen molar-refractivity contribution in [1.29, 1.82) is 0 Å². The van der Waals surface area contributed by atoms with Crippen LogP contribution in [0.5, 0.6) is 0 Å². The van der Waals surface area contributed by atoms with E-state index < -0.39 is 18.7 Å². The first-order valence-corrected chi connectivity index (χ1v) is 6.70. The van der Waals surface area contributed by atoms with E-state index in [2.05, 4.69) is 9.82 Å². The fourth-order valence-electron chi connectivity index (χ4n) is 1.13. The van der Waals surface area contributed by atoms with Gasteiger partial charge in [0.05, 0.1) is 4.88 Å². The Morgan fingerprint density at radius 2 is 2.21 bits per heavy atom. The summed E-state index contributed by atoms with van der Waals surface area (Å²) in [5.74, 6) is -0.802. The zero-order valence-electron chi connectivity index (χ0n) is 9.23. The van der Waals surface area contributed by atoms with Crippen molar-refractivity contribution in [3.05, 3.63) is 28.6 Å². The van der Waals surface area contributed by atoms with Gasteiger partial charge in [0, 0.05) is 5.38 Å². The molecule has 0 unspecified atom stereocenters. The fraction of sp³-hybridized carbons (Fsp3) is 0.200. The highest BCUT2D eigenvalue weighted by Gasteiger charge is 2.28. The van der Waals surface area contributed by atoms with Gasteiger partial charge in [0.1, 0.15) is 10.7 Å². The number of halogens is 3. The molecule has 0 fully saturated rings. The lowest BCUT2D eigenvalue weighted by Gasteiger charge is -2.06. The number of thiophene rings is 1. The van der Waals surface area contributed by atoms with Gasteiger partial charge < -0.3 is 0 Å². The number of nitrogens with zero attached hydrogens (tertiary/aromatic N) is 1. The molecule has 1 amide bonds. The van der Waals surface area contributed by atoms with E-state index in [9.17, 15) is 18.0 Å². The van der Waals surface area contributed by atoms with Gasteiger partial charge in [0.25, 0.3) is 5.91 Å². The van der Waals surface area contributed by atoms with Crippen molar-refractivity contribution < 1.29 is 22.8 Å². The SMILES string of the molecule is O=C(NOCC(F)(F)F)c1csc(-c2cccs2)n1. The van der Waals surface area contributed by atoms with Gasteiger partial charge in [0.2, 0.25) is 0 Å². The van der Waals surface area contributed by atoms with Gasteiger partial charge in [-0.2, -0.15) is 13.2 Å². The summed E-state index contributed by atoms with van der Waals surface area (Å²) in [7, 11) is 0. The van der Waals surface area contributed by atoms with Crippen LogP contribution in [0.1, 0.15) is 10.5 Å². The molecule has 9 heteroatoms. The van der Waals surface area contributed by atoms with Crippen molar-refractivity contribution in [2.75, 3.05) is 6.61 Å². The molecule has 0 radical (unpaired) electrons. The molecule has 0 spiro atoms. The van der Waals surface area contributed by atoms with Crippen LogP contribution in [0.3, 0.4) is 0 Å². The van der Waals surface area contributed by atoms with E-state index in [1.165, 1.54) is 28.1 Å². The van der Waals surface area contributed by atoms with Crippen LogP contribution in [0.4, 0.5) is 13.2 Å². The van der Waals surface area contributed by atoms with Gasteiger partial charge in [-0.25, -0.2) is 10.5 Å². The average Bonchev–Trinajstić information content (AvgIpc) is 2.98. The average molecular weight is 308 g/mol. The Kier molecular flexibility index (Phi) is 4.17. The number of hydrogen-bond donors (Lipinski definition) is 1. The first-order valence-electron chi connectivity index (χ1n) is 4.94. The number of hydroxylamine groups is 1. The quantitative estimate of drug-likeness (QED) is 0.883. The number of amides is 1. The summed E-state index contributed by atoms with van der Waals surface area (Å²) in [4.78, 5) is 20.4. The van der Waals surface area contributed by atoms with Crippen molar-refractivity contribution >= 4 is 28.6 Å². The standard InChI is InChI=1S/C10H7F3N2O2S2/c11-10(12,13)5-17-15-8(16)6-4-19-9(14-6)7-2-1-3-18-7/h1-4H,5H2,(H,15,16). The Morgan fingerprint density at radius 1 is 1.42 bits per heavy atom. The minimum Gasteiger partial charge on any atom is -0.265 e. The van der Waals surface area contributed by atoms with Crippen LogP contribution >= 0.6 is 22.7 Å². The Bertz CT molecular complexity index is 551. The summed E-state index contributed by atoms with van der Waals surface area (Å²) in [5, 5.41) is 3.96. The monoisotopic (exact) mass is 308 g/mol. The number of alkyl halides is 3. The number of thiazole rings is 1. The topological polar surface area (TPSA) is 51.2 Å². The maximum atomic E-state index is 11.8. The fourth-order valence-corrected chi connectivity index (χ4v) is 2.74. The zero-order valence-corrected chi connectivity index (χ0v) is 10.9. The van der Waals surface area contributed by atoms with Crippen LogP contribution in [0.25, 0.3) is 9.88 Å². The van der Waals surface area contributed by atoms with Crippen molar-refractivity contribution in [2.45, 2.75) is 6.18 Å². The number of aromatic nitrogens is 1. The number of carbonyl (C=O) groups excluding carboxylic acids is 1. The highest BCUT2D eigenvalue weighted by molar-refractivity contribution is 7.20. The molecule has 2 rings (SSSR count). The van der Waals surface area contributed by atoms with Crippen molar-refractivity contribution in [1.82, 2.24) is 10.5 Å². The molecular formula is C10H7F3N2O2S2. The molecule has 2 aromatic heterocycles. The molecule has 0 saturated carbocycles. The lowest BCUT2D eigenvalue weighted by atomic mass is 10.4. The lowest BCUT2D eigenvalue weighted by molar-refractivity contribution is -0.184. The number of carbonyl (C=O) groups is 1. The predicted octanol–water partition coefficient (Wildman–Crippen LogP) is 3.10. The van der Waals surface area contributed by atoms with E-state index in [1.54, 1.807) is 5.48 Å². The molecule has 1 N–H and O–H groups in total. The molecule has 102 valence electrons. The highest BCUT2D eigenvalue weighted by atomic mass is 32.1. The van der Waals surface area contributed by atoms with Crippen LogP contribution in [-0.2, 0) is 4.84 Å². The normalized spacial score (nSPS) is 11.5.